The van der Waals surface area contributed by atoms with Crippen LogP contribution in [-0.2, 0) is 18.9 Å². The summed E-state index contributed by atoms with van der Waals surface area (Å²) in [4.78, 5) is 25.7. The maximum atomic E-state index is 12.9. The average molecular weight is 761 g/mol. The van der Waals surface area contributed by atoms with Gasteiger partial charge >= 0.3 is 11.9 Å². The van der Waals surface area contributed by atoms with Crippen molar-refractivity contribution in [2.45, 2.75) is 85.0 Å². The largest absolute Gasteiger partial charge is 0.494 e. The van der Waals surface area contributed by atoms with Crippen LogP contribution in [0.3, 0.4) is 0 Å². The molecule has 2 heterocycles. The van der Waals surface area contributed by atoms with Crippen molar-refractivity contribution >= 4 is 11.9 Å². The quantitative estimate of drug-likeness (QED) is 0.0447. The van der Waals surface area contributed by atoms with E-state index in [1.54, 1.807) is 73.7 Å². The number of unbranched alkanes of at least 4 members (excludes halogenated alkanes) is 6. The molecular weight excluding hydrogens is 700 g/mol. The summed E-state index contributed by atoms with van der Waals surface area (Å²) in [6.45, 7) is 13.9. The maximum absolute atomic E-state index is 12.9. The van der Waals surface area contributed by atoms with Crippen LogP contribution < -0.4 is 18.9 Å². The van der Waals surface area contributed by atoms with E-state index in [4.69, 9.17) is 37.9 Å². The molecule has 2 aliphatic heterocycles. The second-order valence-electron chi connectivity index (χ2n) is 15.1. The van der Waals surface area contributed by atoms with E-state index >= 15 is 0 Å². The number of esters is 2. The van der Waals surface area contributed by atoms with Crippen molar-refractivity contribution in [2.24, 2.45) is 10.8 Å². The molecule has 2 saturated heterocycles. The Hall–Kier alpha value is -3.96. The van der Waals surface area contributed by atoms with E-state index in [2.05, 4.69) is 13.8 Å². The standard InChI is InChI=1S/C45H60O10/c1-4-44(31-50-32-44)29-48-24-10-6-8-12-26-52-38-18-14-36(15-19-38)42(46)54-40-22-23-41(35(3)28-40)55-43(47)37-16-20-39(21-17-37)53-27-13-9-7-11-25-49-30-45(5-2)33-51-34-45/h14-23,28H,4-13,24-27,29-34H2,1-3H3. The molecule has 0 bridgehead atoms. The Kier molecular flexibility index (Phi) is 16.8. The van der Waals surface area contributed by atoms with Crippen LogP contribution in [0, 0.1) is 17.8 Å². The predicted octanol–water partition coefficient (Wildman–Crippen LogP) is 9.20. The van der Waals surface area contributed by atoms with E-state index in [1.807, 2.05) is 0 Å². The van der Waals surface area contributed by atoms with Crippen LogP contribution in [-0.4, -0.2) is 78.0 Å². The number of carbonyl (C=O) groups excluding carboxylic acids is 2. The molecule has 300 valence electrons. The van der Waals surface area contributed by atoms with Crippen molar-refractivity contribution in [2.75, 3.05) is 66.1 Å². The van der Waals surface area contributed by atoms with Gasteiger partial charge in [0, 0.05) is 24.0 Å². The summed E-state index contributed by atoms with van der Waals surface area (Å²) >= 11 is 0. The molecule has 0 spiro atoms. The molecular formula is C45H60O10. The third-order valence-corrected chi connectivity index (χ3v) is 10.6. The van der Waals surface area contributed by atoms with Gasteiger partial charge in [0.2, 0.25) is 0 Å². The first kappa shape index (κ1) is 42.2. The van der Waals surface area contributed by atoms with Gasteiger partial charge in [-0.1, -0.05) is 26.7 Å². The van der Waals surface area contributed by atoms with Crippen LogP contribution in [0.25, 0.3) is 0 Å². The molecule has 3 aromatic carbocycles. The van der Waals surface area contributed by atoms with Gasteiger partial charge in [-0.25, -0.2) is 9.59 Å². The number of rotatable bonds is 26. The molecule has 2 fully saturated rings. The van der Waals surface area contributed by atoms with Gasteiger partial charge in [-0.05, 0) is 131 Å². The van der Waals surface area contributed by atoms with Crippen LogP contribution >= 0.6 is 0 Å². The lowest BCUT2D eigenvalue weighted by molar-refractivity contribution is -0.150. The highest BCUT2D eigenvalue weighted by atomic mass is 16.5. The van der Waals surface area contributed by atoms with E-state index in [0.29, 0.717) is 52.9 Å². The van der Waals surface area contributed by atoms with Gasteiger partial charge in [0.1, 0.15) is 23.0 Å². The number of aryl methyl sites for hydroxylation is 1. The molecule has 10 heteroatoms. The summed E-state index contributed by atoms with van der Waals surface area (Å²) in [5.41, 5.74) is 1.97. The van der Waals surface area contributed by atoms with Crippen LogP contribution in [0.15, 0.2) is 66.7 Å². The SMILES string of the molecule is CCC1(COCCCCCCOc2ccc(C(=O)Oc3ccc(OC(=O)c4ccc(OCCCCCCOCC5(CC)COC5)cc4)c(C)c3)cc2)COC1. The summed E-state index contributed by atoms with van der Waals surface area (Å²) in [6.07, 6.45) is 10.6. The van der Waals surface area contributed by atoms with Crippen LogP contribution in [0.2, 0.25) is 0 Å². The fourth-order valence-corrected chi connectivity index (χ4v) is 6.34. The van der Waals surface area contributed by atoms with E-state index in [9.17, 15) is 9.59 Å². The Bertz CT molecular complexity index is 1580. The summed E-state index contributed by atoms with van der Waals surface area (Å²) in [5.74, 6) is 1.19. The molecule has 10 nitrogen and oxygen atoms in total. The summed E-state index contributed by atoms with van der Waals surface area (Å²) in [7, 11) is 0. The van der Waals surface area contributed by atoms with Crippen molar-refractivity contribution in [3.8, 4) is 23.0 Å². The van der Waals surface area contributed by atoms with Crippen LogP contribution in [0.5, 0.6) is 23.0 Å². The van der Waals surface area contributed by atoms with Gasteiger partial charge in [-0.15, -0.1) is 0 Å². The first-order chi connectivity index (χ1) is 26.8. The Morgan fingerprint density at radius 2 is 0.964 bits per heavy atom. The minimum Gasteiger partial charge on any atom is -0.494 e. The number of carbonyl (C=O) groups is 2. The molecule has 0 unspecified atom stereocenters. The van der Waals surface area contributed by atoms with E-state index in [0.717, 1.165) is 117 Å². The summed E-state index contributed by atoms with van der Waals surface area (Å²) in [5, 5.41) is 0. The third kappa shape index (κ3) is 13.3. The predicted molar refractivity (Wildman–Crippen MR) is 211 cm³/mol. The Morgan fingerprint density at radius 3 is 1.36 bits per heavy atom. The van der Waals surface area contributed by atoms with Crippen molar-refractivity contribution in [3.05, 3.63) is 83.4 Å². The van der Waals surface area contributed by atoms with Gasteiger partial charge in [0.15, 0.2) is 0 Å². The first-order valence-corrected chi connectivity index (χ1v) is 20.1. The van der Waals surface area contributed by atoms with Crippen LogP contribution in [0.1, 0.15) is 104 Å². The number of ether oxygens (including phenoxy) is 8. The number of hydrogen-bond acceptors (Lipinski definition) is 10. The minimum atomic E-state index is -0.486. The van der Waals surface area contributed by atoms with Crippen molar-refractivity contribution in [3.63, 3.8) is 0 Å². The first-order valence-electron chi connectivity index (χ1n) is 20.1. The van der Waals surface area contributed by atoms with Crippen molar-refractivity contribution < 1.29 is 47.5 Å². The van der Waals surface area contributed by atoms with E-state index in [1.165, 1.54) is 0 Å². The second-order valence-corrected chi connectivity index (χ2v) is 15.1. The Labute approximate surface area is 327 Å². The summed E-state index contributed by atoms with van der Waals surface area (Å²) < 4.78 is 45.4. The minimum absolute atomic E-state index is 0.246. The molecule has 2 aliphatic rings. The maximum Gasteiger partial charge on any atom is 0.343 e. The Morgan fingerprint density at radius 1 is 0.545 bits per heavy atom. The highest BCUT2D eigenvalue weighted by Crippen LogP contribution is 2.32. The molecule has 5 rings (SSSR count). The summed E-state index contributed by atoms with van der Waals surface area (Å²) in [6, 6.07) is 18.8. The molecule has 0 radical (unpaired) electrons. The number of hydrogen-bond donors (Lipinski definition) is 0. The zero-order chi connectivity index (χ0) is 38.8. The van der Waals surface area contributed by atoms with Gasteiger partial charge in [0.05, 0.1) is 64.0 Å². The fraction of sp³-hybridized carbons (Fsp3) is 0.556. The van der Waals surface area contributed by atoms with Gasteiger partial charge < -0.3 is 37.9 Å². The Balaban J connectivity index is 0.923. The zero-order valence-electron chi connectivity index (χ0n) is 33.1. The monoisotopic (exact) mass is 760 g/mol. The normalized spacial score (nSPS) is 15.4. The molecule has 0 atom stereocenters. The third-order valence-electron chi connectivity index (χ3n) is 10.6. The van der Waals surface area contributed by atoms with E-state index in [-0.39, 0.29) is 10.8 Å². The van der Waals surface area contributed by atoms with Gasteiger partial charge in [-0.3, -0.25) is 0 Å². The van der Waals surface area contributed by atoms with E-state index < -0.39 is 11.9 Å². The van der Waals surface area contributed by atoms with Gasteiger partial charge in [-0.2, -0.15) is 0 Å². The second kappa shape index (κ2) is 22.0. The van der Waals surface area contributed by atoms with Gasteiger partial charge in [0.25, 0.3) is 0 Å². The zero-order valence-corrected chi connectivity index (χ0v) is 33.1. The molecule has 0 saturated carbocycles. The average Bonchev–Trinajstić information content (AvgIpc) is 3.16. The number of benzene rings is 3. The smallest absolute Gasteiger partial charge is 0.343 e. The molecule has 55 heavy (non-hydrogen) atoms. The molecule has 3 aromatic rings. The lowest BCUT2D eigenvalue weighted by atomic mass is 9.84. The molecule has 0 aliphatic carbocycles. The topological polar surface area (TPSA) is 108 Å². The highest BCUT2D eigenvalue weighted by molar-refractivity contribution is 5.92. The highest BCUT2D eigenvalue weighted by Gasteiger charge is 2.37. The van der Waals surface area contributed by atoms with Crippen LogP contribution in [0.4, 0.5) is 0 Å². The lowest BCUT2D eigenvalue weighted by Crippen LogP contribution is -2.45. The molecule has 0 N–H and O–H groups in total. The fourth-order valence-electron chi connectivity index (χ4n) is 6.34. The molecule has 0 amide bonds. The van der Waals surface area contributed by atoms with Crippen molar-refractivity contribution in [1.82, 2.24) is 0 Å². The lowest BCUT2D eigenvalue weighted by Gasteiger charge is -2.40. The van der Waals surface area contributed by atoms with Crippen molar-refractivity contribution in [1.29, 1.82) is 0 Å². The molecule has 0 aromatic heterocycles.